The van der Waals surface area contributed by atoms with Crippen LogP contribution in [0.2, 0.25) is 0 Å². The molecule has 1 heterocycles. The lowest BCUT2D eigenvalue weighted by atomic mass is 9.83. The molecule has 0 aliphatic heterocycles. The first-order valence-corrected chi connectivity index (χ1v) is 6.10. The SMILES string of the molecule is CCCn1nccc1C1CCCCC1N. The molecule has 2 N–H and O–H groups in total. The molecule has 1 saturated carbocycles. The normalized spacial score (nSPS) is 26.8. The second-order valence-electron chi connectivity index (χ2n) is 4.53. The van der Waals surface area contributed by atoms with Gasteiger partial charge in [-0.2, -0.15) is 5.10 Å². The zero-order valence-electron chi connectivity index (χ0n) is 9.52. The summed E-state index contributed by atoms with van der Waals surface area (Å²) in [6, 6.07) is 2.48. The minimum Gasteiger partial charge on any atom is -0.327 e. The van der Waals surface area contributed by atoms with E-state index in [1.807, 2.05) is 6.20 Å². The van der Waals surface area contributed by atoms with Gasteiger partial charge in [0.25, 0.3) is 0 Å². The van der Waals surface area contributed by atoms with E-state index in [4.69, 9.17) is 5.73 Å². The fourth-order valence-corrected chi connectivity index (χ4v) is 2.58. The summed E-state index contributed by atoms with van der Waals surface area (Å²) in [6.07, 6.45) is 8.05. The molecule has 2 atom stereocenters. The van der Waals surface area contributed by atoms with Crippen molar-refractivity contribution < 1.29 is 0 Å². The summed E-state index contributed by atoms with van der Waals surface area (Å²) >= 11 is 0. The Morgan fingerprint density at radius 2 is 2.27 bits per heavy atom. The molecule has 0 amide bonds. The van der Waals surface area contributed by atoms with Gasteiger partial charge in [-0.15, -0.1) is 0 Å². The molecule has 0 spiro atoms. The smallest absolute Gasteiger partial charge is 0.0492 e. The number of hydrogen-bond acceptors (Lipinski definition) is 2. The van der Waals surface area contributed by atoms with Crippen molar-refractivity contribution in [3.8, 4) is 0 Å². The summed E-state index contributed by atoms with van der Waals surface area (Å²) in [4.78, 5) is 0. The van der Waals surface area contributed by atoms with Crippen molar-refractivity contribution in [2.75, 3.05) is 0 Å². The van der Waals surface area contributed by atoms with Crippen LogP contribution in [-0.2, 0) is 6.54 Å². The number of nitrogens with zero attached hydrogens (tertiary/aromatic N) is 2. The Balaban J connectivity index is 2.15. The first-order valence-electron chi connectivity index (χ1n) is 6.10. The van der Waals surface area contributed by atoms with Crippen molar-refractivity contribution in [3.05, 3.63) is 18.0 Å². The number of hydrogen-bond donors (Lipinski definition) is 1. The first kappa shape index (κ1) is 10.7. The van der Waals surface area contributed by atoms with Crippen LogP contribution in [0.25, 0.3) is 0 Å². The fraction of sp³-hybridized carbons (Fsp3) is 0.750. The molecule has 1 aliphatic rings. The van der Waals surface area contributed by atoms with E-state index in [1.54, 1.807) is 0 Å². The van der Waals surface area contributed by atoms with E-state index in [0.29, 0.717) is 12.0 Å². The maximum absolute atomic E-state index is 6.19. The van der Waals surface area contributed by atoms with Crippen LogP contribution in [0.5, 0.6) is 0 Å². The summed E-state index contributed by atoms with van der Waals surface area (Å²) in [7, 11) is 0. The minimum atomic E-state index is 0.339. The summed E-state index contributed by atoms with van der Waals surface area (Å²) in [5.41, 5.74) is 7.55. The van der Waals surface area contributed by atoms with Crippen molar-refractivity contribution in [1.82, 2.24) is 9.78 Å². The molecule has 1 aromatic rings. The first-order chi connectivity index (χ1) is 7.33. The molecule has 1 fully saturated rings. The molecule has 1 aromatic heterocycles. The molecular formula is C12H21N3. The van der Waals surface area contributed by atoms with Crippen molar-refractivity contribution in [1.29, 1.82) is 0 Å². The van der Waals surface area contributed by atoms with Gasteiger partial charge in [0.2, 0.25) is 0 Å². The number of rotatable bonds is 3. The third-order valence-electron chi connectivity index (χ3n) is 3.38. The third-order valence-corrected chi connectivity index (χ3v) is 3.38. The molecule has 3 heteroatoms. The number of aromatic nitrogens is 2. The van der Waals surface area contributed by atoms with Crippen molar-refractivity contribution in [3.63, 3.8) is 0 Å². The zero-order chi connectivity index (χ0) is 10.7. The van der Waals surface area contributed by atoms with Gasteiger partial charge in [0, 0.05) is 30.4 Å². The van der Waals surface area contributed by atoms with Gasteiger partial charge in [0.15, 0.2) is 0 Å². The van der Waals surface area contributed by atoms with Crippen LogP contribution in [0.3, 0.4) is 0 Å². The molecule has 0 bridgehead atoms. The Morgan fingerprint density at radius 3 is 3.00 bits per heavy atom. The summed E-state index contributed by atoms with van der Waals surface area (Å²) in [6.45, 7) is 3.21. The molecule has 0 aromatic carbocycles. The molecular weight excluding hydrogens is 186 g/mol. The van der Waals surface area contributed by atoms with Gasteiger partial charge in [-0.1, -0.05) is 19.8 Å². The largest absolute Gasteiger partial charge is 0.327 e. The maximum Gasteiger partial charge on any atom is 0.0492 e. The van der Waals surface area contributed by atoms with E-state index < -0.39 is 0 Å². The second-order valence-corrected chi connectivity index (χ2v) is 4.53. The monoisotopic (exact) mass is 207 g/mol. The highest BCUT2D eigenvalue weighted by atomic mass is 15.3. The Kier molecular flexibility index (Phi) is 3.41. The highest BCUT2D eigenvalue weighted by molar-refractivity contribution is 5.12. The van der Waals surface area contributed by atoms with Gasteiger partial charge >= 0.3 is 0 Å². The van der Waals surface area contributed by atoms with Gasteiger partial charge in [-0.3, -0.25) is 4.68 Å². The lowest BCUT2D eigenvalue weighted by Crippen LogP contribution is -2.32. The van der Waals surface area contributed by atoms with Crippen LogP contribution >= 0.6 is 0 Å². The molecule has 84 valence electrons. The summed E-state index contributed by atoms with van der Waals surface area (Å²) in [5, 5.41) is 4.38. The topological polar surface area (TPSA) is 43.8 Å². The maximum atomic E-state index is 6.19. The Hall–Kier alpha value is -0.830. The Morgan fingerprint density at radius 1 is 1.47 bits per heavy atom. The molecule has 2 unspecified atom stereocenters. The molecule has 0 radical (unpaired) electrons. The number of nitrogens with two attached hydrogens (primary N) is 1. The van der Waals surface area contributed by atoms with Crippen LogP contribution in [0.4, 0.5) is 0 Å². The molecule has 3 nitrogen and oxygen atoms in total. The van der Waals surface area contributed by atoms with Crippen LogP contribution in [0.15, 0.2) is 12.3 Å². The fourth-order valence-electron chi connectivity index (χ4n) is 2.58. The molecule has 1 aliphatic carbocycles. The van der Waals surface area contributed by atoms with E-state index >= 15 is 0 Å². The summed E-state index contributed by atoms with van der Waals surface area (Å²) in [5.74, 6) is 0.535. The standard InChI is InChI=1S/C12H21N3/c1-2-9-15-12(7-8-14-15)10-5-3-4-6-11(10)13/h7-8,10-11H,2-6,9,13H2,1H3. The molecule has 0 saturated heterocycles. The highest BCUT2D eigenvalue weighted by Crippen LogP contribution is 2.31. The van der Waals surface area contributed by atoms with Crippen molar-refractivity contribution >= 4 is 0 Å². The third kappa shape index (κ3) is 2.23. The predicted molar refractivity (Wildman–Crippen MR) is 61.7 cm³/mol. The van der Waals surface area contributed by atoms with Gasteiger partial charge in [-0.05, 0) is 25.3 Å². The van der Waals surface area contributed by atoms with E-state index in [0.717, 1.165) is 13.0 Å². The lowest BCUT2D eigenvalue weighted by Gasteiger charge is -2.29. The van der Waals surface area contributed by atoms with Crippen LogP contribution in [-0.4, -0.2) is 15.8 Å². The minimum absolute atomic E-state index is 0.339. The highest BCUT2D eigenvalue weighted by Gasteiger charge is 2.25. The van der Waals surface area contributed by atoms with Gasteiger partial charge < -0.3 is 5.73 Å². The number of aryl methyl sites for hydroxylation is 1. The van der Waals surface area contributed by atoms with Crippen LogP contribution in [0, 0.1) is 0 Å². The Bertz CT molecular complexity index is 306. The van der Waals surface area contributed by atoms with Gasteiger partial charge in [0.1, 0.15) is 0 Å². The molecule has 15 heavy (non-hydrogen) atoms. The molecule has 2 rings (SSSR count). The van der Waals surface area contributed by atoms with Gasteiger partial charge in [0.05, 0.1) is 0 Å². The van der Waals surface area contributed by atoms with E-state index in [-0.39, 0.29) is 0 Å². The Labute approximate surface area is 91.7 Å². The van der Waals surface area contributed by atoms with Crippen molar-refractivity contribution in [2.45, 2.75) is 57.5 Å². The zero-order valence-corrected chi connectivity index (χ0v) is 9.52. The van der Waals surface area contributed by atoms with Crippen LogP contribution in [0.1, 0.15) is 50.6 Å². The van der Waals surface area contributed by atoms with E-state index in [2.05, 4.69) is 22.8 Å². The second kappa shape index (κ2) is 4.79. The average Bonchev–Trinajstić information content (AvgIpc) is 2.67. The predicted octanol–water partition coefficient (Wildman–Crippen LogP) is 2.28. The van der Waals surface area contributed by atoms with Crippen molar-refractivity contribution in [2.24, 2.45) is 5.73 Å². The van der Waals surface area contributed by atoms with Gasteiger partial charge in [-0.25, -0.2) is 0 Å². The van der Waals surface area contributed by atoms with E-state index in [9.17, 15) is 0 Å². The summed E-state index contributed by atoms with van der Waals surface area (Å²) < 4.78 is 2.13. The van der Waals surface area contributed by atoms with E-state index in [1.165, 1.54) is 31.4 Å². The quantitative estimate of drug-likeness (QED) is 0.826. The van der Waals surface area contributed by atoms with Crippen LogP contribution < -0.4 is 5.73 Å². The lowest BCUT2D eigenvalue weighted by molar-refractivity contribution is 0.364. The average molecular weight is 207 g/mol.